The van der Waals surface area contributed by atoms with Crippen molar-refractivity contribution in [1.29, 1.82) is 0 Å². The summed E-state index contributed by atoms with van der Waals surface area (Å²) in [5.74, 6) is 0.622. The van der Waals surface area contributed by atoms with Crippen LogP contribution in [0.5, 0.6) is 5.75 Å². The number of halogens is 4. The fourth-order valence-electron chi connectivity index (χ4n) is 1.41. The van der Waals surface area contributed by atoms with Crippen LogP contribution in [0.4, 0.5) is 13.2 Å². The van der Waals surface area contributed by atoms with Crippen LogP contribution in [0.1, 0.15) is 0 Å². The summed E-state index contributed by atoms with van der Waals surface area (Å²) < 4.78 is 46.0. The van der Waals surface area contributed by atoms with Gasteiger partial charge in [-0.3, -0.25) is 0 Å². The van der Waals surface area contributed by atoms with E-state index in [9.17, 15) is 18.3 Å². The van der Waals surface area contributed by atoms with E-state index in [0.717, 1.165) is 4.47 Å². The summed E-state index contributed by atoms with van der Waals surface area (Å²) in [6.07, 6.45) is -5.07. The molecule has 1 aromatic rings. The van der Waals surface area contributed by atoms with Gasteiger partial charge in [0.25, 0.3) is 0 Å². The molecule has 1 rings (SSSR count). The van der Waals surface area contributed by atoms with E-state index in [1.807, 2.05) is 12.1 Å². The zero-order valence-corrected chi connectivity index (χ0v) is 12.8. The molecule has 0 aromatic heterocycles. The van der Waals surface area contributed by atoms with Crippen LogP contribution < -0.4 is 10.1 Å². The Morgan fingerprint density at radius 3 is 2.76 bits per heavy atom. The zero-order chi connectivity index (χ0) is 15.7. The van der Waals surface area contributed by atoms with Gasteiger partial charge in [-0.2, -0.15) is 13.2 Å². The first-order valence-corrected chi connectivity index (χ1v) is 7.08. The largest absolute Gasteiger partial charge is 0.491 e. The number of hydrogen-bond donors (Lipinski definition) is 2. The number of aliphatic hydroxyl groups is 1. The monoisotopic (exact) mass is 371 g/mol. The first-order chi connectivity index (χ1) is 9.87. The zero-order valence-electron chi connectivity index (χ0n) is 11.2. The van der Waals surface area contributed by atoms with Gasteiger partial charge >= 0.3 is 6.18 Å². The van der Waals surface area contributed by atoms with Crippen molar-refractivity contribution in [3.05, 3.63) is 28.7 Å². The van der Waals surface area contributed by atoms with Crippen LogP contribution in [-0.4, -0.2) is 50.3 Å². The van der Waals surface area contributed by atoms with Crippen LogP contribution in [-0.2, 0) is 4.74 Å². The van der Waals surface area contributed by atoms with Crippen molar-refractivity contribution in [1.82, 2.24) is 5.32 Å². The molecule has 1 unspecified atom stereocenters. The van der Waals surface area contributed by atoms with Crippen molar-refractivity contribution in [2.24, 2.45) is 0 Å². The predicted molar refractivity (Wildman–Crippen MR) is 75.4 cm³/mol. The fourth-order valence-corrected chi connectivity index (χ4v) is 1.79. The Bertz CT molecular complexity index is 418. The third-order valence-electron chi connectivity index (χ3n) is 2.31. The molecule has 0 spiro atoms. The Balaban J connectivity index is 2.05. The Morgan fingerprint density at radius 2 is 2.10 bits per heavy atom. The van der Waals surface area contributed by atoms with Gasteiger partial charge in [-0.15, -0.1) is 0 Å². The number of ether oxygens (including phenoxy) is 2. The molecule has 0 saturated heterocycles. The second-order valence-corrected chi connectivity index (χ2v) is 5.21. The van der Waals surface area contributed by atoms with E-state index in [1.54, 1.807) is 12.1 Å². The molecular formula is C13H17BrF3NO3. The minimum Gasteiger partial charge on any atom is -0.491 e. The summed E-state index contributed by atoms with van der Waals surface area (Å²) in [7, 11) is 0. The Labute approximate surface area is 129 Å². The fraction of sp³-hybridized carbons (Fsp3) is 0.538. The molecule has 0 radical (unpaired) electrons. The minimum atomic E-state index is -4.31. The summed E-state index contributed by atoms with van der Waals surface area (Å²) >= 11 is 3.30. The van der Waals surface area contributed by atoms with Gasteiger partial charge in [0.05, 0.1) is 6.61 Å². The van der Waals surface area contributed by atoms with Crippen molar-refractivity contribution in [2.75, 3.05) is 32.9 Å². The lowest BCUT2D eigenvalue weighted by molar-refractivity contribution is -0.173. The lowest BCUT2D eigenvalue weighted by Crippen LogP contribution is -2.33. The molecule has 0 aliphatic rings. The maximum Gasteiger partial charge on any atom is 0.411 e. The molecule has 0 heterocycles. The normalized spacial score (nSPS) is 13.2. The second kappa shape index (κ2) is 9.24. The topological polar surface area (TPSA) is 50.7 Å². The molecule has 0 bridgehead atoms. The lowest BCUT2D eigenvalue weighted by Gasteiger charge is -2.13. The molecule has 0 fully saturated rings. The van der Waals surface area contributed by atoms with Crippen molar-refractivity contribution in [2.45, 2.75) is 12.3 Å². The van der Waals surface area contributed by atoms with Crippen LogP contribution in [0, 0.1) is 0 Å². The number of nitrogens with one attached hydrogen (secondary N) is 1. The summed E-state index contributed by atoms with van der Waals surface area (Å²) in [6, 6.07) is 7.19. The molecule has 0 saturated carbocycles. The molecule has 21 heavy (non-hydrogen) atoms. The highest BCUT2D eigenvalue weighted by Crippen LogP contribution is 2.17. The Kier molecular flexibility index (Phi) is 8.02. The van der Waals surface area contributed by atoms with Crippen LogP contribution in [0.3, 0.4) is 0 Å². The van der Waals surface area contributed by atoms with Gasteiger partial charge < -0.3 is 19.9 Å². The quantitative estimate of drug-likeness (QED) is 0.654. The van der Waals surface area contributed by atoms with Gasteiger partial charge in [-0.25, -0.2) is 0 Å². The molecule has 1 atom stereocenters. The standard InChI is InChI=1S/C13H17BrF3NO3/c14-10-2-1-3-12(6-10)21-8-11(19)7-18-4-5-20-9-13(15,16)17/h1-3,6,11,18-19H,4-5,7-9H2. The summed E-state index contributed by atoms with van der Waals surface area (Å²) in [5.41, 5.74) is 0. The minimum absolute atomic E-state index is 0.0707. The van der Waals surface area contributed by atoms with Crippen molar-refractivity contribution in [3.63, 3.8) is 0 Å². The maximum absolute atomic E-state index is 11.8. The highest BCUT2D eigenvalue weighted by Gasteiger charge is 2.27. The highest BCUT2D eigenvalue weighted by molar-refractivity contribution is 9.10. The number of rotatable bonds is 9. The molecule has 4 nitrogen and oxygen atoms in total. The van der Waals surface area contributed by atoms with Crippen LogP contribution in [0.25, 0.3) is 0 Å². The Morgan fingerprint density at radius 1 is 1.33 bits per heavy atom. The lowest BCUT2D eigenvalue weighted by atomic mass is 10.3. The van der Waals surface area contributed by atoms with Gasteiger partial charge in [0, 0.05) is 17.6 Å². The SMILES string of the molecule is OC(CNCCOCC(F)(F)F)COc1cccc(Br)c1. The number of hydrogen-bond acceptors (Lipinski definition) is 4. The average Bonchev–Trinajstić information content (AvgIpc) is 2.39. The number of benzene rings is 1. The summed E-state index contributed by atoms with van der Waals surface area (Å²) in [4.78, 5) is 0. The van der Waals surface area contributed by atoms with Crippen LogP contribution in [0.2, 0.25) is 0 Å². The van der Waals surface area contributed by atoms with Gasteiger partial charge in [0.1, 0.15) is 25.1 Å². The van der Waals surface area contributed by atoms with Crippen LogP contribution >= 0.6 is 15.9 Å². The number of aliphatic hydroxyl groups excluding tert-OH is 1. The van der Waals surface area contributed by atoms with Crippen molar-refractivity contribution in [3.8, 4) is 5.75 Å². The molecule has 0 aliphatic heterocycles. The van der Waals surface area contributed by atoms with E-state index < -0.39 is 18.9 Å². The molecule has 1 aromatic carbocycles. The van der Waals surface area contributed by atoms with Gasteiger partial charge in [-0.05, 0) is 18.2 Å². The molecule has 0 amide bonds. The van der Waals surface area contributed by atoms with Gasteiger partial charge in [0.2, 0.25) is 0 Å². The first-order valence-electron chi connectivity index (χ1n) is 6.28. The predicted octanol–water partition coefficient (Wildman–Crippen LogP) is 2.36. The molecular weight excluding hydrogens is 355 g/mol. The van der Waals surface area contributed by atoms with E-state index in [0.29, 0.717) is 5.75 Å². The highest BCUT2D eigenvalue weighted by atomic mass is 79.9. The van der Waals surface area contributed by atoms with Gasteiger partial charge in [0.15, 0.2) is 0 Å². The summed E-state index contributed by atoms with van der Waals surface area (Å²) in [5, 5.41) is 12.4. The van der Waals surface area contributed by atoms with Gasteiger partial charge in [-0.1, -0.05) is 22.0 Å². The van der Waals surface area contributed by atoms with E-state index in [2.05, 4.69) is 26.0 Å². The third-order valence-corrected chi connectivity index (χ3v) is 2.80. The smallest absolute Gasteiger partial charge is 0.411 e. The van der Waals surface area contributed by atoms with E-state index in [1.165, 1.54) is 0 Å². The number of alkyl halides is 3. The van der Waals surface area contributed by atoms with E-state index in [-0.39, 0.29) is 26.3 Å². The Hall–Kier alpha value is -0.830. The molecule has 120 valence electrons. The van der Waals surface area contributed by atoms with E-state index in [4.69, 9.17) is 4.74 Å². The molecule has 8 heteroatoms. The van der Waals surface area contributed by atoms with Crippen molar-refractivity contribution < 1.29 is 27.8 Å². The second-order valence-electron chi connectivity index (χ2n) is 4.29. The summed E-state index contributed by atoms with van der Waals surface area (Å²) in [6.45, 7) is -0.803. The maximum atomic E-state index is 11.8. The first kappa shape index (κ1) is 18.2. The average molecular weight is 372 g/mol. The van der Waals surface area contributed by atoms with Crippen LogP contribution in [0.15, 0.2) is 28.7 Å². The van der Waals surface area contributed by atoms with Crippen molar-refractivity contribution >= 4 is 15.9 Å². The molecule has 2 N–H and O–H groups in total. The molecule has 0 aliphatic carbocycles. The van der Waals surface area contributed by atoms with E-state index >= 15 is 0 Å². The third kappa shape index (κ3) is 9.67.